The molecule has 2 aromatic carbocycles. The van der Waals surface area contributed by atoms with Gasteiger partial charge >= 0.3 is 0 Å². The van der Waals surface area contributed by atoms with Gasteiger partial charge in [-0.05, 0) is 68.9 Å². The van der Waals surface area contributed by atoms with Crippen molar-refractivity contribution in [3.8, 4) is 0 Å². The van der Waals surface area contributed by atoms with E-state index >= 15 is 0 Å². The molecule has 2 heterocycles. The number of fused-ring (bicyclic) bond motifs is 2. The third kappa shape index (κ3) is 4.81. The summed E-state index contributed by atoms with van der Waals surface area (Å²) in [5.74, 6) is 0.856. The largest absolute Gasteiger partial charge is 0.305 e. The van der Waals surface area contributed by atoms with E-state index in [9.17, 15) is 9.59 Å². The van der Waals surface area contributed by atoms with Gasteiger partial charge in [0.1, 0.15) is 11.4 Å². The summed E-state index contributed by atoms with van der Waals surface area (Å²) in [6.07, 6.45) is 3.21. The molecule has 1 aliphatic carbocycles. The molecule has 0 amide bonds. The Hall–Kier alpha value is -3.28. The van der Waals surface area contributed by atoms with Crippen LogP contribution in [-0.4, -0.2) is 19.1 Å². The molecule has 0 spiro atoms. The molecule has 1 aliphatic rings. The van der Waals surface area contributed by atoms with Crippen LogP contribution in [0.4, 0.5) is 0 Å². The quantitative estimate of drug-likeness (QED) is 0.411. The van der Waals surface area contributed by atoms with Crippen LogP contribution in [0.15, 0.2) is 52.1 Å². The summed E-state index contributed by atoms with van der Waals surface area (Å²) in [4.78, 5) is 33.5. The molecule has 5 rings (SSSR count). The third-order valence-corrected chi connectivity index (χ3v) is 6.38. The van der Waals surface area contributed by atoms with Crippen LogP contribution in [0.2, 0.25) is 0 Å². The van der Waals surface area contributed by atoms with Crippen molar-refractivity contribution in [2.75, 3.05) is 0 Å². The van der Waals surface area contributed by atoms with Crippen molar-refractivity contribution < 1.29 is 0 Å². The molecule has 6 nitrogen and oxygen atoms in total. The van der Waals surface area contributed by atoms with E-state index in [4.69, 9.17) is 0 Å². The molecular formula is C28H34N4O2. The highest BCUT2D eigenvalue weighted by atomic mass is 16.1. The Labute approximate surface area is 200 Å². The van der Waals surface area contributed by atoms with E-state index in [1.807, 2.05) is 86.2 Å². The zero-order valence-electron chi connectivity index (χ0n) is 20.8. The lowest BCUT2D eigenvalue weighted by atomic mass is 10.1. The molecule has 0 bridgehead atoms. The molecule has 0 atom stereocenters. The first-order valence-corrected chi connectivity index (χ1v) is 12.3. The second-order valence-corrected chi connectivity index (χ2v) is 9.45. The second-order valence-electron chi connectivity index (χ2n) is 9.45. The van der Waals surface area contributed by atoms with Crippen LogP contribution in [0.5, 0.6) is 0 Å². The average Bonchev–Trinajstić information content (AvgIpc) is 3.65. The molecule has 34 heavy (non-hydrogen) atoms. The maximum absolute atomic E-state index is 12.3. The van der Waals surface area contributed by atoms with E-state index in [0.717, 1.165) is 34.2 Å². The molecule has 0 unspecified atom stereocenters. The molecule has 2 aromatic heterocycles. The van der Waals surface area contributed by atoms with Crippen molar-refractivity contribution in [3.63, 3.8) is 0 Å². The number of aryl methyl sites for hydroxylation is 3. The van der Waals surface area contributed by atoms with Gasteiger partial charge in [-0.2, -0.15) is 0 Å². The van der Waals surface area contributed by atoms with Gasteiger partial charge in [0.25, 0.3) is 11.1 Å². The maximum atomic E-state index is 12.3. The first-order valence-electron chi connectivity index (χ1n) is 12.3. The summed E-state index contributed by atoms with van der Waals surface area (Å²) in [5, 5.41) is 0. The normalized spacial score (nSPS) is 13.4. The molecule has 1 fully saturated rings. The van der Waals surface area contributed by atoms with Gasteiger partial charge < -0.3 is 9.13 Å². The fourth-order valence-electron chi connectivity index (χ4n) is 4.27. The van der Waals surface area contributed by atoms with Crippen LogP contribution in [0, 0.1) is 12.8 Å². The van der Waals surface area contributed by atoms with Gasteiger partial charge in [-0.3, -0.25) is 9.59 Å². The van der Waals surface area contributed by atoms with Gasteiger partial charge in [0.2, 0.25) is 0 Å². The van der Waals surface area contributed by atoms with Gasteiger partial charge in [0.05, 0.1) is 22.1 Å². The minimum Gasteiger partial charge on any atom is -0.305 e. The zero-order chi connectivity index (χ0) is 24.4. The molecule has 178 valence electrons. The highest BCUT2D eigenvalue weighted by Gasteiger charge is 2.23. The van der Waals surface area contributed by atoms with Crippen molar-refractivity contribution in [2.24, 2.45) is 5.92 Å². The van der Waals surface area contributed by atoms with E-state index in [1.54, 1.807) is 0 Å². The van der Waals surface area contributed by atoms with Crippen LogP contribution >= 0.6 is 0 Å². The SMILES string of the molecule is CCc1nc2ccccc2n(CC2CC2)c1=O.CCn1c(=O)c(C(C)C)nc2ccc(C)cc21. The monoisotopic (exact) mass is 458 g/mol. The Morgan fingerprint density at radius 2 is 1.62 bits per heavy atom. The first-order chi connectivity index (χ1) is 16.3. The van der Waals surface area contributed by atoms with Gasteiger partial charge in [-0.15, -0.1) is 0 Å². The van der Waals surface area contributed by atoms with Crippen molar-refractivity contribution in [1.29, 1.82) is 0 Å². The summed E-state index contributed by atoms with van der Waals surface area (Å²) in [7, 11) is 0. The smallest absolute Gasteiger partial charge is 0.272 e. The summed E-state index contributed by atoms with van der Waals surface area (Å²) in [6, 6.07) is 14.0. The molecule has 0 radical (unpaired) electrons. The molecular weight excluding hydrogens is 424 g/mol. The van der Waals surface area contributed by atoms with Crippen LogP contribution in [0.1, 0.15) is 63.4 Å². The predicted molar refractivity (Wildman–Crippen MR) is 139 cm³/mol. The van der Waals surface area contributed by atoms with E-state index in [0.29, 0.717) is 30.3 Å². The van der Waals surface area contributed by atoms with E-state index in [-0.39, 0.29) is 17.0 Å². The van der Waals surface area contributed by atoms with Crippen LogP contribution < -0.4 is 11.1 Å². The lowest BCUT2D eigenvalue weighted by molar-refractivity contribution is 0.618. The van der Waals surface area contributed by atoms with E-state index in [2.05, 4.69) is 9.97 Å². The summed E-state index contributed by atoms with van der Waals surface area (Å²) in [6.45, 7) is 11.6. The number of rotatable bonds is 5. The zero-order valence-corrected chi connectivity index (χ0v) is 20.8. The highest BCUT2D eigenvalue weighted by molar-refractivity contribution is 5.76. The highest BCUT2D eigenvalue weighted by Crippen LogP contribution is 2.31. The topological polar surface area (TPSA) is 69.8 Å². The maximum Gasteiger partial charge on any atom is 0.272 e. The van der Waals surface area contributed by atoms with E-state index in [1.165, 1.54) is 12.8 Å². The number of nitrogens with zero attached hydrogens (tertiary/aromatic N) is 4. The Kier molecular flexibility index (Phi) is 6.96. The molecule has 0 N–H and O–H groups in total. The third-order valence-electron chi connectivity index (χ3n) is 6.38. The number of hydrogen-bond acceptors (Lipinski definition) is 4. The lowest BCUT2D eigenvalue weighted by Gasteiger charge is -2.12. The molecule has 1 saturated carbocycles. The molecule has 4 aromatic rings. The predicted octanol–water partition coefficient (Wildman–Crippen LogP) is 5.22. The number of benzene rings is 2. The average molecular weight is 459 g/mol. The van der Waals surface area contributed by atoms with Crippen LogP contribution in [0.3, 0.4) is 0 Å². The van der Waals surface area contributed by atoms with Gasteiger partial charge in [-0.25, -0.2) is 9.97 Å². The minimum absolute atomic E-state index is 0.0422. The summed E-state index contributed by atoms with van der Waals surface area (Å²) in [5.41, 5.74) is 6.37. The van der Waals surface area contributed by atoms with Gasteiger partial charge in [0.15, 0.2) is 0 Å². The van der Waals surface area contributed by atoms with Crippen molar-refractivity contribution in [2.45, 2.75) is 72.9 Å². The Balaban J connectivity index is 0.000000161. The Morgan fingerprint density at radius 3 is 2.26 bits per heavy atom. The first kappa shape index (κ1) is 23.9. The number of hydrogen-bond donors (Lipinski definition) is 0. The van der Waals surface area contributed by atoms with Crippen LogP contribution in [0.25, 0.3) is 22.1 Å². The summed E-state index contributed by atoms with van der Waals surface area (Å²) < 4.78 is 3.73. The van der Waals surface area contributed by atoms with E-state index < -0.39 is 0 Å². The van der Waals surface area contributed by atoms with Crippen molar-refractivity contribution in [1.82, 2.24) is 19.1 Å². The fourth-order valence-corrected chi connectivity index (χ4v) is 4.27. The van der Waals surface area contributed by atoms with Gasteiger partial charge in [-0.1, -0.05) is 39.0 Å². The standard InChI is InChI=1S/C14H16N2O.C14H18N2O/c1-2-11-14(17)16(9-10-7-8-10)13-6-4-3-5-12(13)15-11;1-5-16-12-8-10(4)6-7-11(12)15-13(9(2)3)14(16)17/h3-6,10H,2,7-9H2,1H3;6-9H,5H2,1-4H3. The minimum atomic E-state index is 0.0422. The Morgan fingerprint density at radius 1 is 0.912 bits per heavy atom. The van der Waals surface area contributed by atoms with Crippen LogP contribution in [-0.2, 0) is 19.5 Å². The molecule has 0 aliphatic heterocycles. The number of aromatic nitrogens is 4. The lowest BCUT2D eigenvalue weighted by Crippen LogP contribution is -2.26. The molecule has 6 heteroatoms. The molecule has 0 saturated heterocycles. The number of para-hydroxylation sites is 2. The van der Waals surface area contributed by atoms with Crippen molar-refractivity contribution >= 4 is 22.1 Å². The second kappa shape index (κ2) is 9.92. The Bertz CT molecular complexity index is 1450. The summed E-state index contributed by atoms with van der Waals surface area (Å²) >= 11 is 0. The van der Waals surface area contributed by atoms with Crippen molar-refractivity contribution in [3.05, 3.63) is 80.1 Å². The fraction of sp³-hybridized carbons (Fsp3) is 0.429. The van der Waals surface area contributed by atoms with Gasteiger partial charge in [0, 0.05) is 19.0 Å².